The van der Waals surface area contributed by atoms with E-state index in [9.17, 15) is 9.18 Å². The molecule has 0 atom stereocenters. The van der Waals surface area contributed by atoms with Crippen molar-refractivity contribution < 1.29 is 13.9 Å². The predicted octanol–water partition coefficient (Wildman–Crippen LogP) is 4.97. The molecule has 0 radical (unpaired) electrons. The van der Waals surface area contributed by atoms with Crippen LogP contribution < -0.4 is 0 Å². The van der Waals surface area contributed by atoms with Crippen LogP contribution in [0.25, 0.3) is 0 Å². The van der Waals surface area contributed by atoms with Gasteiger partial charge in [-0.2, -0.15) is 0 Å². The van der Waals surface area contributed by atoms with Crippen LogP contribution in [0.1, 0.15) is 50.0 Å². The van der Waals surface area contributed by atoms with Gasteiger partial charge in [-0.1, -0.05) is 18.5 Å². The number of hydrogen-bond donors (Lipinski definition) is 0. The number of aliphatic imine (C=N–C) groups is 1. The molecule has 1 rings (SSSR count). The molecule has 1 aromatic rings. The fourth-order valence-electron chi connectivity index (χ4n) is 1.80. The molecule has 4 nitrogen and oxygen atoms in total. The molecule has 23 heavy (non-hydrogen) atoms. The summed E-state index contributed by atoms with van der Waals surface area (Å²) >= 11 is 6.13. The zero-order valence-electron chi connectivity index (χ0n) is 14.1. The van der Waals surface area contributed by atoms with E-state index in [1.54, 1.807) is 27.0 Å². The van der Waals surface area contributed by atoms with Crippen molar-refractivity contribution in [3.8, 4) is 0 Å². The van der Waals surface area contributed by atoms with Gasteiger partial charge in [-0.25, -0.2) is 14.2 Å². The number of rotatable bonds is 5. The number of allylic oxidation sites excluding steroid dienone is 3. The largest absolute Gasteiger partial charge is 0.462 e. The highest BCUT2D eigenvalue weighted by Gasteiger charge is 2.17. The first-order chi connectivity index (χ1) is 10.8. The lowest BCUT2D eigenvalue weighted by Gasteiger charge is -2.06. The van der Waals surface area contributed by atoms with Gasteiger partial charge < -0.3 is 9.30 Å². The molecule has 0 fully saturated rings. The van der Waals surface area contributed by atoms with Gasteiger partial charge in [-0.3, -0.25) is 0 Å². The van der Waals surface area contributed by atoms with Crippen LogP contribution in [0.3, 0.4) is 0 Å². The second-order valence-electron chi connectivity index (χ2n) is 4.98. The van der Waals surface area contributed by atoms with Crippen LogP contribution in [0.5, 0.6) is 0 Å². The van der Waals surface area contributed by atoms with Crippen molar-refractivity contribution in [1.29, 1.82) is 0 Å². The maximum atomic E-state index is 14.2. The summed E-state index contributed by atoms with van der Waals surface area (Å²) in [5, 5.41) is 0.239. The third-order valence-electron chi connectivity index (χ3n) is 3.32. The van der Waals surface area contributed by atoms with E-state index in [4.69, 9.17) is 16.3 Å². The number of hydrogen-bond acceptors (Lipinski definition) is 3. The Morgan fingerprint density at radius 2 is 2.09 bits per heavy atom. The van der Waals surface area contributed by atoms with Crippen LogP contribution in [-0.2, 0) is 4.74 Å². The van der Waals surface area contributed by atoms with Gasteiger partial charge in [-0.05, 0) is 51.3 Å². The fraction of sp³-hybridized carbons (Fsp3) is 0.412. The second-order valence-corrected chi connectivity index (χ2v) is 5.34. The zero-order chi connectivity index (χ0) is 17.6. The van der Waals surface area contributed by atoms with Crippen molar-refractivity contribution in [2.45, 2.75) is 41.0 Å². The molecule has 126 valence electrons. The average molecular weight is 341 g/mol. The molecule has 0 unspecified atom stereocenters. The summed E-state index contributed by atoms with van der Waals surface area (Å²) in [6.07, 6.45) is 5.13. The number of carbonyl (C=O) groups excluding carboxylic acids is 1. The maximum absolute atomic E-state index is 14.2. The first kappa shape index (κ1) is 19.2. The summed E-state index contributed by atoms with van der Waals surface area (Å²) < 4.78 is 20.6. The number of halogens is 2. The Bertz CT molecular complexity index is 672. The number of ether oxygens (including phenoxy) is 1. The van der Waals surface area contributed by atoms with Gasteiger partial charge in [0.15, 0.2) is 11.7 Å². The molecular weight excluding hydrogens is 319 g/mol. The highest BCUT2D eigenvalue weighted by Crippen LogP contribution is 2.19. The first-order valence-corrected chi connectivity index (χ1v) is 7.85. The lowest BCUT2D eigenvalue weighted by Crippen LogP contribution is -2.11. The summed E-state index contributed by atoms with van der Waals surface area (Å²) in [6.45, 7) is 9.10. The van der Waals surface area contributed by atoms with Crippen LogP contribution in [0.4, 0.5) is 4.39 Å². The Labute approximate surface area is 141 Å². The van der Waals surface area contributed by atoms with E-state index in [1.807, 2.05) is 13.8 Å². The summed E-state index contributed by atoms with van der Waals surface area (Å²) in [5.74, 6) is -0.947. The number of carbonyl (C=O) groups is 1. The molecule has 0 bridgehead atoms. The van der Waals surface area contributed by atoms with Gasteiger partial charge in [0.1, 0.15) is 5.16 Å². The van der Waals surface area contributed by atoms with Crippen LogP contribution in [-0.4, -0.2) is 23.0 Å². The van der Waals surface area contributed by atoms with E-state index < -0.39 is 11.8 Å². The van der Waals surface area contributed by atoms with Crippen molar-refractivity contribution in [3.05, 3.63) is 46.2 Å². The van der Waals surface area contributed by atoms with Crippen molar-refractivity contribution in [3.63, 3.8) is 0 Å². The molecular formula is C17H22ClFN2O2. The third kappa shape index (κ3) is 4.79. The van der Waals surface area contributed by atoms with Gasteiger partial charge in [0.05, 0.1) is 12.2 Å². The zero-order valence-corrected chi connectivity index (χ0v) is 14.9. The van der Waals surface area contributed by atoms with Gasteiger partial charge in [-0.15, -0.1) is 0 Å². The van der Waals surface area contributed by atoms with Crippen molar-refractivity contribution in [1.82, 2.24) is 4.57 Å². The van der Waals surface area contributed by atoms with E-state index in [0.29, 0.717) is 17.5 Å². The van der Waals surface area contributed by atoms with Gasteiger partial charge in [0.25, 0.3) is 0 Å². The third-order valence-corrected chi connectivity index (χ3v) is 3.73. The number of aryl methyl sites for hydroxylation is 1. The van der Waals surface area contributed by atoms with Gasteiger partial charge in [0, 0.05) is 12.4 Å². The molecule has 1 heterocycles. The second kappa shape index (κ2) is 8.67. The van der Waals surface area contributed by atoms with Gasteiger partial charge >= 0.3 is 5.97 Å². The number of esters is 1. The molecule has 6 heteroatoms. The molecule has 0 spiro atoms. The Kier molecular flexibility index (Phi) is 7.23. The minimum Gasteiger partial charge on any atom is -0.462 e. The summed E-state index contributed by atoms with van der Waals surface area (Å²) in [5.41, 5.74) is 1.89. The monoisotopic (exact) mass is 340 g/mol. The Morgan fingerprint density at radius 1 is 1.43 bits per heavy atom. The highest BCUT2D eigenvalue weighted by atomic mass is 35.5. The predicted molar refractivity (Wildman–Crippen MR) is 91.7 cm³/mol. The molecule has 0 aliphatic rings. The minimum atomic E-state index is -0.530. The molecule has 0 aliphatic heterocycles. The Hall–Kier alpha value is -1.88. The molecule has 1 aromatic heterocycles. The minimum absolute atomic E-state index is 0.0314. The van der Waals surface area contributed by atoms with Crippen LogP contribution in [0.15, 0.2) is 40.0 Å². The molecule has 0 saturated carbocycles. The number of nitrogens with zero attached hydrogens (tertiary/aromatic N) is 2. The Balaban J connectivity index is 3.39. The van der Waals surface area contributed by atoms with E-state index >= 15 is 0 Å². The lowest BCUT2D eigenvalue weighted by atomic mass is 10.2. The molecule has 0 saturated heterocycles. The van der Waals surface area contributed by atoms with Crippen molar-refractivity contribution in [2.24, 2.45) is 4.99 Å². The average Bonchev–Trinajstić information content (AvgIpc) is 2.92. The maximum Gasteiger partial charge on any atom is 0.339 e. The lowest BCUT2D eigenvalue weighted by molar-refractivity contribution is 0.0525. The standard InChI is InChI=1S/C17H22ClFN2O2/c1-6-11(4)15(18)20-16(14(19)7-2)21-9-12(5)13(10-21)17(22)23-8-3/h7,9-10H,6,8H2,1-5H3. The molecule has 0 aliphatic carbocycles. The van der Waals surface area contributed by atoms with Crippen LogP contribution in [0, 0.1) is 6.92 Å². The van der Waals surface area contributed by atoms with Crippen LogP contribution >= 0.6 is 11.6 Å². The molecule has 0 N–H and O–H groups in total. The van der Waals surface area contributed by atoms with E-state index in [1.165, 1.54) is 16.8 Å². The van der Waals surface area contributed by atoms with Crippen molar-refractivity contribution >= 4 is 23.4 Å². The smallest absolute Gasteiger partial charge is 0.339 e. The fourth-order valence-corrected chi connectivity index (χ4v) is 2.01. The molecule has 0 amide bonds. The van der Waals surface area contributed by atoms with E-state index in [0.717, 1.165) is 5.57 Å². The topological polar surface area (TPSA) is 43.6 Å². The Morgan fingerprint density at radius 3 is 2.61 bits per heavy atom. The SMILES string of the molecule is CC=C(F)C(=NC(Cl)=C(C)CC)n1cc(C)c(C(=O)OCC)c1. The van der Waals surface area contributed by atoms with E-state index in [-0.39, 0.29) is 17.6 Å². The van der Waals surface area contributed by atoms with E-state index in [2.05, 4.69) is 4.99 Å². The van der Waals surface area contributed by atoms with Crippen LogP contribution in [0.2, 0.25) is 0 Å². The van der Waals surface area contributed by atoms with Gasteiger partial charge in [0.2, 0.25) is 0 Å². The summed E-state index contributed by atoms with van der Waals surface area (Å²) in [4.78, 5) is 16.1. The number of aromatic nitrogens is 1. The summed E-state index contributed by atoms with van der Waals surface area (Å²) in [6, 6.07) is 0. The first-order valence-electron chi connectivity index (χ1n) is 7.47. The normalized spacial score (nSPS) is 13.9. The molecule has 0 aromatic carbocycles. The quantitative estimate of drug-likeness (QED) is 0.328. The highest BCUT2D eigenvalue weighted by molar-refractivity contribution is 6.30. The summed E-state index contributed by atoms with van der Waals surface area (Å²) in [7, 11) is 0. The van der Waals surface area contributed by atoms with Crippen molar-refractivity contribution in [2.75, 3.05) is 6.61 Å².